The number of hydrogen-bond donors (Lipinski definition) is 0. The predicted molar refractivity (Wildman–Crippen MR) is 51.9 cm³/mol. The van der Waals surface area contributed by atoms with Gasteiger partial charge in [0.15, 0.2) is 0 Å². The molecule has 0 unspecified atom stereocenters. The molecule has 5 nitrogen and oxygen atoms in total. The predicted octanol–water partition coefficient (Wildman–Crippen LogP) is 1.97. The number of imidazole rings is 1. The van der Waals surface area contributed by atoms with Gasteiger partial charge in [-0.1, -0.05) is 20.9 Å². The summed E-state index contributed by atoms with van der Waals surface area (Å²) in [7, 11) is 0. The van der Waals surface area contributed by atoms with Gasteiger partial charge in [-0.25, -0.2) is 4.57 Å². The molecular formula is C7H10BrN3O2. The molecule has 13 heavy (non-hydrogen) atoms. The number of alkyl halides is 1. The van der Waals surface area contributed by atoms with Crippen LogP contribution in [-0.4, -0.2) is 19.8 Å². The second kappa shape index (κ2) is 4.96. The molecule has 0 aliphatic heterocycles. The van der Waals surface area contributed by atoms with Gasteiger partial charge in [-0.15, -0.1) is 0 Å². The average Bonchev–Trinajstić information content (AvgIpc) is 2.53. The number of rotatable bonds is 5. The molecule has 0 aliphatic rings. The van der Waals surface area contributed by atoms with Crippen molar-refractivity contribution >= 4 is 21.9 Å². The Morgan fingerprint density at radius 1 is 1.62 bits per heavy atom. The Morgan fingerprint density at radius 2 is 2.38 bits per heavy atom. The maximum Gasteiger partial charge on any atom is 0.434 e. The van der Waals surface area contributed by atoms with Crippen LogP contribution < -0.4 is 0 Å². The van der Waals surface area contributed by atoms with Crippen molar-refractivity contribution in [3.8, 4) is 0 Å². The fraction of sp³-hybridized carbons (Fsp3) is 0.571. The molecule has 0 saturated heterocycles. The van der Waals surface area contributed by atoms with Gasteiger partial charge in [0.05, 0.1) is 6.54 Å². The van der Waals surface area contributed by atoms with E-state index >= 15 is 0 Å². The summed E-state index contributed by atoms with van der Waals surface area (Å²) in [5, 5.41) is 11.4. The van der Waals surface area contributed by atoms with Gasteiger partial charge in [0, 0.05) is 5.33 Å². The van der Waals surface area contributed by atoms with E-state index in [2.05, 4.69) is 20.9 Å². The summed E-state index contributed by atoms with van der Waals surface area (Å²) in [4.78, 5) is 13.6. The largest absolute Gasteiger partial charge is 0.434 e. The first-order chi connectivity index (χ1) is 6.25. The minimum absolute atomic E-state index is 0.0745. The summed E-state index contributed by atoms with van der Waals surface area (Å²) in [6, 6.07) is 0. The SMILES string of the molecule is O=[N+]([O-])c1nccn1CCCCBr. The first-order valence-corrected chi connectivity index (χ1v) is 5.09. The van der Waals surface area contributed by atoms with Crippen molar-refractivity contribution in [1.82, 2.24) is 9.55 Å². The average molecular weight is 248 g/mol. The Balaban J connectivity index is 2.55. The van der Waals surface area contributed by atoms with Crippen LogP contribution in [0.5, 0.6) is 0 Å². The van der Waals surface area contributed by atoms with Crippen LogP contribution >= 0.6 is 15.9 Å². The normalized spacial score (nSPS) is 10.2. The molecule has 6 heteroatoms. The smallest absolute Gasteiger partial charge is 0.390 e. The topological polar surface area (TPSA) is 61.0 Å². The van der Waals surface area contributed by atoms with Gasteiger partial charge in [0.2, 0.25) is 0 Å². The van der Waals surface area contributed by atoms with Crippen molar-refractivity contribution in [3.05, 3.63) is 22.5 Å². The molecule has 0 fully saturated rings. The number of aryl methyl sites for hydroxylation is 1. The van der Waals surface area contributed by atoms with Crippen LogP contribution in [0.25, 0.3) is 0 Å². The van der Waals surface area contributed by atoms with Gasteiger partial charge in [0.1, 0.15) is 12.4 Å². The number of nitro groups is 1. The maximum atomic E-state index is 10.4. The van der Waals surface area contributed by atoms with Gasteiger partial charge in [-0.05, 0) is 17.8 Å². The second-order valence-corrected chi connectivity index (χ2v) is 3.37. The quantitative estimate of drug-likeness (QED) is 0.346. The first-order valence-electron chi connectivity index (χ1n) is 3.97. The molecule has 1 aromatic heterocycles. The molecule has 1 heterocycles. The monoisotopic (exact) mass is 247 g/mol. The van der Waals surface area contributed by atoms with Crippen LogP contribution in [-0.2, 0) is 6.54 Å². The molecule has 0 N–H and O–H groups in total. The minimum atomic E-state index is -0.464. The van der Waals surface area contributed by atoms with Crippen LogP contribution in [0.15, 0.2) is 12.4 Å². The van der Waals surface area contributed by atoms with Crippen LogP contribution in [0.4, 0.5) is 5.95 Å². The fourth-order valence-electron chi connectivity index (χ4n) is 1.02. The number of hydrogen-bond acceptors (Lipinski definition) is 3. The minimum Gasteiger partial charge on any atom is -0.390 e. The first kappa shape index (κ1) is 10.2. The molecule has 0 saturated carbocycles. The molecule has 0 bridgehead atoms. The van der Waals surface area contributed by atoms with Crippen LogP contribution in [0, 0.1) is 10.1 Å². The highest BCUT2D eigenvalue weighted by Gasteiger charge is 2.12. The fourth-order valence-corrected chi connectivity index (χ4v) is 1.42. The standard InChI is InChI=1S/C7H10BrN3O2/c8-3-1-2-5-10-6-4-9-7(10)11(12)13/h4,6H,1-3,5H2. The summed E-state index contributed by atoms with van der Waals surface area (Å²) in [6.07, 6.45) is 5.01. The summed E-state index contributed by atoms with van der Waals surface area (Å²) in [6.45, 7) is 0.655. The molecule has 0 atom stereocenters. The molecule has 1 rings (SSSR count). The molecule has 1 aromatic rings. The van der Waals surface area contributed by atoms with Crippen molar-refractivity contribution < 1.29 is 4.92 Å². The van der Waals surface area contributed by atoms with Crippen LogP contribution in [0.2, 0.25) is 0 Å². The lowest BCUT2D eigenvalue weighted by Gasteiger charge is -1.99. The second-order valence-electron chi connectivity index (χ2n) is 2.57. The number of nitrogens with zero attached hydrogens (tertiary/aromatic N) is 3. The Hall–Kier alpha value is -0.910. The molecule has 0 radical (unpaired) electrons. The summed E-state index contributed by atoms with van der Waals surface area (Å²) >= 11 is 3.30. The lowest BCUT2D eigenvalue weighted by atomic mass is 10.3. The van der Waals surface area contributed by atoms with Crippen molar-refractivity contribution in [2.45, 2.75) is 19.4 Å². The zero-order valence-corrected chi connectivity index (χ0v) is 8.61. The van der Waals surface area contributed by atoms with E-state index in [1.54, 1.807) is 10.8 Å². The van der Waals surface area contributed by atoms with E-state index < -0.39 is 4.92 Å². The van der Waals surface area contributed by atoms with Gasteiger partial charge >= 0.3 is 5.95 Å². The van der Waals surface area contributed by atoms with Crippen LogP contribution in [0.1, 0.15) is 12.8 Å². The Bertz CT molecular complexity index is 287. The van der Waals surface area contributed by atoms with E-state index in [9.17, 15) is 10.1 Å². The van der Waals surface area contributed by atoms with Crippen LogP contribution in [0.3, 0.4) is 0 Å². The Kier molecular flexibility index (Phi) is 3.88. The third-order valence-electron chi connectivity index (χ3n) is 1.64. The number of unbranched alkanes of at least 4 members (excludes halogenated alkanes) is 1. The van der Waals surface area contributed by atoms with E-state index in [-0.39, 0.29) is 5.95 Å². The lowest BCUT2D eigenvalue weighted by molar-refractivity contribution is -0.396. The van der Waals surface area contributed by atoms with Gasteiger partial charge in [-0.3, -0.25) is 0 Å². The highest BCUT2D eigenvalue weighted by molar-refractivity contribution is 9.09. The molecule has 0 spiro atoms. The summed E-state index contributed by atoms with van der Waals surface area (Å²) in [5.74, 6) is -0.0745. The molecule has 0 amide bonds. The molecule has 72 valence electrons. The van der Waals surface area contributed by atoms with E-state index in [0.29, 0.717) is 6.54 Å². The highest BCUT2D eigenvalue weighted by atomic mass is 79.9. The highest BCUT2D eigenvalue weighted by Crippen LogP contribution is 2.09. The zero-order valence-electron chi connectivity index (χ0n) is 7.02. The van der Waals surface area contributed by atoms with Crippen molar-refractivity contribution in [3.63, 3.8) is 0 Å². The molecule has 0 aromatic carbocycles. The van der Waals surface area contributed by atoms with Gasteiger partial charge in [0.25, 0.3) is 0 Å². The van der Waals surface area contributed by atoms with Crippen molar-refractivity contribution in [2.24, 2.45) is 0 Å². The number of aromatic nitrogens is 2. The maximum absolute atomic E-state index is 10.4. The third-order valence-corrected chi connectivity index (χ3v) is 2.20. The third kappa shape index (κ3) is 2.80. The zero-order chi connectivity index (χ0) is 9.68. The van der Waals surface area contributed by atoms with Gasteiger partial charge in [-0.2, -0.15) is 0 Å². The van der Waals surface area contributed by atoms with E-state index in [1.807, 2.05) is 0 Å². The summed E-state index contributed by atoms with van der Waals surface area (Å²) in [5.41, 5.74) is 0. The number of halogens is 1. The van der Waals surface area contributed by atoms with E-state index in [4.69, 9.17) is 0 Å². The van der Waals surface area contributed by atoms with Crippen molar-refractivity contribution in [1.29, 1.82) is 0 Å². The Morgan fingerprint density at radius 3 is 3.00 bits per heavy atom. The van der Waals surface area contributed by atoms with Crippen molar-refractivity contribution in [2.75, 3.05) is 5.33 Å². The van der Waals surface area contributed by atoms with E-state index in [0.717, 1.165) is 18.2 Å². The molecular weight excluding hydrogens is 238 g/mol. The lowest BCUT2D eigenvalue weighted by Crippen LogP contribution is -2.03. The van der Waals surface area contributed by atoms with E-state index in [1.165, 1.54) is 6.20 Å². The Labute approximate surface area is 84.1 Å². The summed E-state index contributed by atoms with van der Waals surface area (Å²) < 4.78 is 1.56. The molecule has 0 aliphatic carbocycles. The van der Waals surface area contributed by atoms with Gasteiger partial charge < -0.3 is 10.1 Å².